The van der Waals surface area contributed by atoms with E-state index in [9.17, 15) is 15.0 Å². The zero-order valence-corrected chi connectivity index (χ0v) is 22.6. The summed E-state index contributed by atoms with van der Waals surface area (Å²) in [6, 6.07) is 33.8. The molecule has 0 aromatic heterocycles. The second-order valence-corrected chi connectivity index (χ2v) is 9.62. The summed E-state index contributed by atoms with van der Waals surface area (Å²) in [5, 5.41) is 24.1. The van der Waals surface area contributed by atoms with E-state index in [1.54, 1.807) is 31.4 Å². The van der Waals surface area contributed by atoms with E-state index >= 15 is 0 Å². The molecular weight excluding hydrogens is 504 g/mol. The molecule has 0 saturated heterocycles. The Morgan fingerprint density at radius 1 is 0.850 bits per heavy atom. The molecule has 2 unspecified atom stereocenters. The van der Waals surface area contributed by atoms with Gasteiger partial charge in [0.2, 0.25) is 0 Å². The van der Waals surface area contributed by atoms with Crippen molar-refractivity contribution in [3.05, 3.63) is 126 Å². The Hall–Kier alpha value is -4.17. The van der Waals surface area contributed by atoms with Crippen molar-refractivity contribution in [2.24, 2.45) is 0 Å². The van der Waals surface area contributed by atoms with E-state index < -0.39 is 6.10 Å². The van der Waals surface area contributed by atoms with Crippen molar-refractivity contribution >= 4 is 11.6 Å². The van der Waals surface area contributed by atoms with Crippen molar-refractivity contribution < 1.29 is 24.5 Å². The molecule has 4 rings (SSSR count). The average Bonchev–Trinajstić information content (AvgIpc) is 3.00. The topological polar surface area (TPSA) is 91.3 Å². The number of amides is 1. The van der Waals surface area contributed by atoms with Crippen molar-refractivity contribution in [1.82, 2.24) is 4.90 Å². The first-order valence-corrected chi connectivity index (χ1v) is 13.3. The van der Waals surface area contributed by atoms with Crippen molar-refractivity contribution in [3.8, 4) is 11.5 Å². The summed E-state index contributed by atoms with van der Waals surface area (Å²) in [6.45, 7) is 0.979. The highest BCUT2D eigenvalue weighted by atomic mass is 16.5. The Bertz CT molecular complexity index is 1320. The molecule has 1 amide bonds. The van der Waals surface area contributed by atoms with Gasteiger partial charge < -0.3 is 25.0 Å². The Kier molecular flexibility index (Phi) is 10.7. The minimum Gasteiger partial charge on any atom is -0.497 e. The summed E-state index contributed by atoms with van der Waals surface area (Å²) in [4.78, 5) is 14.8. The Labute approximate surface area is 235 Å². The van der Waals surface area contributed by atoms with E-state index in [0.29, 0.717) is 42.3 Å². The molecule has 4 aromatic rings. The van der Waals surface area contributed by atoms with Gasteiger partial charge in [-0.15, -0.1) is 0 Å². The van der Waals surface area contributed by atoms with Gasteiger partial charge in [-0.3, -0.25) is 9.69 Å². The van der Waals surface area contributed by atoms with E-state index in [4.69, 9.17) is 9.47 Å². The van der Waals surface area contributed by atoms with Crippen LogP contribution in [0.2, 0.25) is 0 Å². The van der Waals surface area contributed by atoms with Gasteiger partial charge >= 0.3 is 0 Å². The van der Waals surface area contributed by atoms with Gasteiger partial charge in [-0.1, -0.05) is 66.7 Å². The second kappa shape index (κ2) is 14.8. The van der Waals surface area contributed by atoms with Crippen LogP contribution in [-0.2, 0) is 13.0 Å². The normalized spacial score (nSPS) is 12.5. The van der Waals surface area contributed by atoms with Gasteiger partial charge in [0.25, 0.3) is 5.91 Å². The van der Waals surface area contributed by atoms with Crippen LogP contribution in [0.1, 0.15) is 21.5 Å². The quantitative estimate of drug-likeness (QED) is 0.213. The predicted molar refractivity (Wildman–Crippen MR) is 157 cm³/mol. The number of aliphatic hydroxyl groups excluding tert-OH is 2. The summed E-state index contributed by atoms with van der Waals surface area (Å²) < 4.78 is 11.0. The van der Waals surface area contributed by atoms with Crippen molar-refractivity contribution in [1.29, 1.82) is 0 Å². The molecule has 0 bridgehead atoms. The maximum Gasteiger partial charge on any atom is 0.255 e. The number of nitrogens with one attached hydrogen (secondary N) is 1. The predicted octanol–water partition coefficient (Wildman–Crippen LogP) is 4.79. The van der Waals surface area contributed by atoms with Gasteiger partial charge in [0.05, 0.1) is 13.7 Å². The molecule has 40 heavy (non-hydrogen) atoms. The van der Waals surface area contributed by atoms with E-state index in [0.717, 1.165) is 11.1 Å². The van der Waals surface area contributed by atoms with Gasteiger partial charge in [0.1, 0.15) is 24.2 Å². The average molecular weight is 541 g/mol. The van der Waals surface area contributed by atoms with Gasteiger partial charge in [0, 0.05) is 30.4 Å². The SMILES string of the molecule is COc1cccc(C(=O)Nc2ccc(CC(CO)N(Cc3ccccc3)CC(O)COc3ccccc3)cc2)c1. The minimum absolute atomic E-state index is 0.0760. The number of benzene rings is 4. The fourth-order valence-electron chi connectivity index (χ4n) is 4.47. The van der Waals surface area contributed by atoms with E-state index in [1.807, 2.05) is 84.9 Å². The number of para-hydroxylation sites is 1. The van der Waals surface area contributed by atoms with Crippen LogP contribution in [-0.4, -0.2) is 60.0 Å². The van der Waals surface area contributed by atoms with Crippen LogP contribution in [0.3, 0.4) is 0 Å². The summed E-state index contributed by atoms with van der Waals surface area (Å²) in [6.07, 6.45) is -0.174. The molecule has 0 aliphatic carbocycles. The molecule has 0 aliphatic heterocycles. The Morgan fingerprint density at radius 2 is 1.52 bits per heavy atom. The number of carbonyl (C=O) groups is 1. The van der Waals surface area contributed by atoms with Gasteiger partial charge in [-0.05, 0) is 60.0 Å². The molecule has 2 atom stereocenters. The summed E-state index contributed by atoms with van der Waals surface area (Å²) in [7, 11) is 1.57. The van der Waals surface area contributed by atoms with Crippen molar-refractivity contribution in [2.45, 2.75) is 25.1 Å². The Balaban J connectivity index is 1.40. The third kappa shape index (κ3) is 8.68. The lowest BCUT2D eigenvalue weighted by molar-refractivity contribution is 0.0335. The smallest absolute Gasteiger partial charge is 0.255 e. The molecule has 0 radical (unpaired) electrons. The first-order chi connectivity index (χ1) is 19.5. The molecule has 7 nitrogen and oxygen atoms in total. The molecule has 7 heteroatoms. The minimum atomic E-state index is -0.743. The summed E-state index contributed by atoms with van der Waals surface area (Å²) in [5.74, 6) is 1.10. The van der Waals surface area contributed by atoms with Gasteiger partial charge in [0.15, 0.2) is 0 Å². The summed E-state index contributed by atoms with van der Waals surface area (Å²) in [5.41, 5.74) is 3.28. The highest BCUT2D eigenvalue weighted by Gasteiger charge is 2.22. The first-order valence-electron chi connectivity index (χ1n) is 13.3. The van der Waals surface area contributed by atoms with Crippen LogP contribution in [0.25, 0.3) is 0 Å². The van der Waals surface area contributed by atoms with Gasteiger partial charge in [-0.25, -0.2) is 0 Å². The molecule has 0 spiro atoms. The molecule has 0 fully saturated rings. The standard InChI is InChI=1S/C33H36N2O5/c1-39-32-14-8-11-27(20-32)33(38)34-28-17-15-25(16-18-28)19-29(23-36)35(21-26-9-4-2-5-10-26)22-30(37)24-40-31-12-6-3-7-13-31/h2-18,20,29-30,36-37H,19,21-24H2,1H3,(H,34,38). The molecule has 4 aromatic carbocycles. The lowest BCUT2D eigenvalue weighted by atomic mass is 10.0. The molecule has 208 valence electrons. The van der Waals surface area contributed by atoms with Crippen LogP contribution in [0, 0.1) is 0 Å². The fraction of sp³-hybridized carbons (Fsp3) is 0.242. The number of aliphatic hydroxyl groups is 2. The third-order valence-electron chi connectivity index (χ3n) is 6.60. The van der Waals surface area contributed by atoms with E-state index in [-0.39, 0.29) is 25.2 Å². The summed E-state index contributed by atoms with van der Waals surface area (Å²) >= 11 is 0. The lowest BCUT2D eigenvalue weighted by Crippen LogP contribution is -2.44. The monoisotopic (exact) mass is 540 g/mol. The number of nitrogens with zero attached hydrogens (tertiary/aromatic N) is 1. The largest absolute Gasteiger partial charge is 0.497 e. The molecule has 0 aliphatic rings. The number of hydrogen-bond acceptors (Lipinski definition) is 6. The highest BCUT2D eigenvalue weighted by molar-refractivity contribution is 6.04. The highest BCUT2D eigenvalue weighted by Crippen LogP contribution is 2.19. The lowest BCUT2D eigenvalue weighted by Gasteiger charge is -2.32. The molecule has 0 saturated carbocycles. The maximum absolute atomic E-state index is 12.7. The van der Waals surface area contributed by atoms with Gasteiger partial charge in [-0.2, -0.15) is 0 Å². The first kappa shape index (κ1) is 28.8. The van der Waals surface area contributed by atoms with Crippen LogP contribution in [0.4, 0.5) is 5.69 Å². The second-order valence-electron chi connectivity index (χ2n) is 9.62. The maximum atomic E-state index is 12.7. The number of ether oxygens (including phenoxy) is 2. The van der Waals surface area contributed by atoms with Crippen LogP contribution in [0.15, 0.2) is 109 Å². The number of rotatable bonds is 14. The van der Waals surface area contributed by atoms with Crippen LogP contribution >= 0.6 is 0 Å². The molecule has 0 heterocycles. The van der Waals surface area contributed by atoms with Crippen molar-refractivity contribution in [3.63, 3.8) is 0 Å². The molecule has 3 N–H and O–H groups in total. The van der Waals surface area contributed by atoms with Crippen LogP contribution in [0.5, 0.6) is 11.5 Å². The zero-order chi connectivity index (χ0) is 28.2. The third-order valence-corrected chi connectivity index (χ3v) is 6.60. The van der Waals surface area contributed by atoms with E-state index in [1.165, 1.54) is 0 Å². The Morgan fingerprint density at radius 3 is 2.20 bits per heavy atom. The molecular formula is C33H36N2O5. The number of carbonyl (C=O) groups excluding carboxylic acids is 1. The van der Waals surface area contributed by atoms with Crippen molar-refractivity contribution in [2.75, 3.05) is 32.2 Å². The number of anilines is 1. The van der Waals surface area contributed by atoms with E-state index in [2.05, 4.69) is 10.2 Å². The fourth-order valence-corrected chi connectivity index (χ4v) is 4.47. The number of methoxy groups -OCH3 is 1. The number of hydrogen-bond donors (Lipinski definition) is 3. The van der Waals surface area contributed by atoms with Crippen LogP contribution < -0.4 is 14.8 Å². The zero-order valence-electron chi connectivity index (χ0n) is 22.6.